The minimum absolute atomic E-state index is 0.106. The van der Waals surface area contributed by atoms with E-state index in [-0.39, 0.29) is 17.9 Å². The van der Waals surface area contributed by atoms with E-state index in [0.29, 0.717) is 29.8 Å². The first-order valence-corrected chi connectivity index (χ1v) is 6.51. The topological polar surface area (TPSA) is 79.3 Å². The first-order valence-electron chi connectivity index (χ1n) is 6.13. The molecule has 1 saturated carbocycles. The van der Waals surface area contributed by atoms with Crippen molar-refractivity contribution in [1.82, 2.24) is 10.3 Å². The number of carbonyl (C=O) groups excluding carboxylic acids is 1. The van der Waals surface area contributed by atoms with E-state index in [0.717, 1.165) is 5.69 Å². The number of nitrogens with zero attached hydrogens (tertiary/aromatic N) is 1. The maximum atomic E-state index is 12.0. The van der Waals surface area contributed by atoms with Crippen LogP contribution in [0.15, 0.2) is 12.3 Å². The van der Waals surface area contributed by atoms with Crippen LogP contribution in [0.3, 0.4) is 0 Å². The van der Waals surface area contributed by atoms with Gasteiger partial charge in [0.15, 0.2) is 0 Å². The summed E-state index contributed by atoms with van der Waals surface area (Å²) in [6.45, 7) is 1.79. The van der Waals surface area contributed by atoms with Crippen molar-refractivity contribution in [1.29, 1.82) is 0 Å². The molecule has 1 aliphatic rings. The molecule has 0 spiro atoms. The van der Waals surface area contributed by atoms with Crippen molar-refractivity contribution in [2.45, 2.75) is 32.2 Å². The van der Waals surface area contributed by atoms with Gasteiger partial charge in [-0.25, -0.2) is 0 Å². The number of halogens is 1. The molecule has 5 nitrogen and oxygen atoms in total. The molecule has 2 N–H and O–H groups in total. The van der Waals surface area contributed by atoms with Gasteiger partial charge in [-0.3, -0.25) is 14.6 Å². The van der Waals surface area contributed by atoms with Gasteiger partial charge in [-0.1, -0.05) is 11.6 Å². The second-order valence-corrected chi connectivity index (χ2v) is 5.23. The number of aliphatic carboxylic acids is 1. The van der Waals surface area contributed by atoms with E-state index in [1.165, 1.54) is 6.20 Å². The van der Waals surface area contributed by atoms with Crippen LogP contribution in [-0.4, -0.2) is 28.0 Å². The second-order valence-electron chi connectivity index (χ2n) is 4.82. The summed E-state index contributed by atoms with van der Waals surface area (Å²) in [7, 11) is 0. The van der Waals surface area contributed by atoms with E-state index in [1.807, 2.05) is 0 Å². The van der Waals surface area contributed by atoms with Crippen molar-refractivity contribution in [3.63, 3.8) is 0 Å². The maximum absolute atomic E-state index is 12.0. The van der Waals surface area contributed by atoms with Crippen LogP contribution < -0.4 is 5.32 Å². The monoisotopic (exact) mass is 282 g/mol. The largest absolute Gasteiger partial charge is 0.481 e. The highest BCUT2D eigenvalue weighted by molar-refractivity contribution is 6.33. The summed E-state index contributed by atoms with van der Waals surface area (Å²) in [6.07, 6.45) is 3.19. The lowest BCUT2D eigenvalue weighted by Crippen LogP contribution is -2.33. The molecule has 1 aromatic heterocycles. The molecule has 1 heterocycles. The number of rotatable bonds is 3. The number of amides is 1. The molecule has 19 heavy (non-hydrogen) atoms. The number of aryl methyl sites for hydroxylation is 1. The molecule has 1 aliphatic carbocycles. The third-order valence-electron chi connectivity index (χ3n) is 3.35. The van der Waals surface area contributed by atoms with Crippen molar-refractivity contribution < 1.29 is 14.7 Å². The molecule has 0 saturated heterocycles. The summed E-state index contributed by atoms with van der Waals surface area (Å²) < 4.78 is 0. The summed E-state index contributed by atoms with van der Waals surface area (Å²) in [4.78, 5) is 26.9. The van der Waals surface area contributed by atoms with E-state index in [1.54, 1.807) is 13.0 Å². The maximum Gasteiger partial charge on any atom is 0.306 e. The summed E-state index contributed by atoms with van der Waals surface area (Å²) in [5.41, 5.74) is 1.07. The predicted octanol–water partition coefficient (Wildman–Crippen LogP) is 2.03. The van der Waals surface area contributed by atoms with Crippen molar-refractivity contribution >= 4 is 23.5 Å². The molecule has 0 aromatic carbocycles. The molecule has 2 rings (SSSR count). The van der Waals surface area contributed by atoms with E-state index >= 15 is 0 Å². The van der Waals surface area contributed by atoms with E-state index in [4.69, 9.17) is 16.7 Å². The first kappa shape index (κ1) is 13.8. The number of pyridine rings is 1. The zero-order valence-corrected chi connectivity index (χ0v) is 11.3. The summed E-state index contributed by atoms with van der Waals surface area (Å²) in [5, 5.41) is 12.1. The number of carboxylic acids is 1. The van der Waals surface area contributed by atoms with Gasteiger partial charge in [-0.05, 0) is 32.3 Å². The predicted molar refractivity (Wildman–Crippen MR) is 70.2 cm³/mol. The van der Waals surface area contributed by atoms with Gasteiger partial charge >= 0.3 is 5.97 Å². The van der Waals surface area contributed by atoms with Crippen LogP contribution in [0.1, 0.15) is 35.3 Å². The fourth-order valence-corrected chi connectivity index (χ4v) is 2.59. The summed E-state index contributed by atoms with van der Waals surface area (Å²) >= 11 is 5.99. The molecule has 2 atom stereocenters. The van der Waals surface area contributed by atoms with Crippen LogP contribution in [-0.2, 0) is 4.79 Å². The zero-order valence-electron chi connectivity index (χ0n) is 10.5. The standard InChI is InChI=1S/C13H15ClN2O3/c1-7-4-11(14)10(6-15-7)12(17)16-9-3-2-8(5-9)13(18)19/h4,6,8-9H,2-3,5H2,1H3,(H,16,17)(H,18,19). The van der Waals surface area contributed by atoms with Gasteiger partial charge in [-0.2, -0.15) is 0 Å². The lowest BCUT2D eigenvalue weighted by atomic mass is 10.1. The lowest BCUT2D eigenvalue weighted by molar-refractivity contribution is -0.141. The number of carbonyl (C=O) groups is 2. The van der Waals surface area contributed by atoms with Crippen LogP contribution >= 0.6 is 11.6 Å². The second kappa shape index (κ2) is 5.57. The molecule has 0 aliphatic heterocycles. The van der Waals surface area contributed by atoms with Gasteiger partial charge in [0.25, 0.3) is 5.91 Å². The smallest absolute Gasteiger partial charge is 0.306 e. The van der Waals surface area contributed by atoms with Crippen molar-refractivity contribution in [3.8, 4) is 0 Å². The fraction of sp³-hybridized carbons (Fsp3) is 0.462. The molecule has 0 radical (unpaired) electrons. The SMILES string of the molecule is Cc1cc(Cl)c(C(=O)NC2CCC(C(=O)O)C2)cn1. The van der Waals surface area contributed by atoms with Crippen molar-refractivity contribution in [3.05, 3.63) is 28.5 Å². The molecule has 1 fully saturated rings. The molecule has 1 aromatic rings. The van der Waals surface area contributed by atoms with E-state index < -0.39 is 5.97 Å². The number of hydrogen-bond donors (Lipinski definition) is 2. The molecule has 102 valence electrons. The minimum atomic E-state index is -0.799. The van der Waals surface area contributed by atoms with Crippen LogP contribution in [0.5, 0.6) is 0 Å². The third kappa shape index (κ3) is 3.23. The third-order valence-corrected chi connectivity index (χ3v) is 3.66. The molecule has 0 bridgehead atoms. The van der Waals surface area contributed by atoms with Crippen molar-refractivity contribution in [2.24, 2.45) is 5.92 Å². The average Bonchev–Trinajstić information content (AvgIpc) is 2.77. The van der Waals surface area contributed by atoms with Gasteiger partial charge in [-0.15, -0.1) is 0 Å². The highest BCUT2D eigenvalue weighted by Gasteiger charge is 2.30. The Morgan fingerprint density at radius 2 is 2.21 bits per heavy atom. The zero-order chi connectivity index (χ0) is 14.0. The molecular weight excluding hydrogens is 268 g/mol. The molecule has 1 amide bonds. The molecule has 6 heteroatoms. The van der Waals surface area contributed by atoms with Crippen LogP contribution in [0.4, 0.5) is 0 Å². The van der Waals surface area contributed by atoms with E-state index in [2.05, 4.69) is 10.3 Å². The molecular formula is C13H15ClN2O3. The summed E-state index contributed by atoms with van der Waals surface area (Å²) in [6, 6.07) is 1.52. The highest BCUT2D eigenvalue weighted by atomic mass is 35.5. The normalized spacial score (nSPS) is 22.2. The fourth-order valence-electron chi connectivity index (χ4n) is 2.29. The van der Waals surface area contributed by atoms with Gasteiger partial charge in [0.05, 0.1) is 16.5 Å². The first-order chi connectivity index (χ1) is 8.97. The number of hydrogen-bond acceptors (Lipinski definition) is 3. The quantitative estimate of drug-likeness (QED) is 0.889. The van der Waals surface area contributed by atoms with E-state index in [9.17, 15) is 9.59 Å². The average molecular weight is 283 g/mol. The van der Waals surface area contributed by atoms with Crippen molar-refractivity contribution in [2.75, 3.05) is 0 Å². The summed E-state index contributed by atoms with van der Waals surface area (Å²) in [5.74, 6) is -1.46. The number of nitrogens with one attached hydrogen (secondary N) is 1. The lowest BCUT2D eigenvalue weighted by Gasteiger charge is -2.13. The Kier molecular flexibility index (Phi) is 4.04. The van der Waals surface area contributed by atoms with Gasteiger partial charge in [0, 0.05) is 17.9 Å². The van der Waals surface area contributed by atoms with Gasteiger partial charge in [0.1, 0.15) is 0 Å². The van der Waals surface area contributed by atoms with Gasteiger partial charge < -0.3 is 10.4 Å². The number of carboxylic acid groups (broad SMARTS) is 1. The Hall–Kier alpha value is -1.62. The van der Waals surface area contributed by atoms with Crippen LogP contribution in [0.25, 0.3) is 0 Å². The Morgan fingerprint density at radius 3 is 2.79 bits per heavy atom. The Balaban J connectivity index is 2.00. The minimum Gasteiger partial charge on any atom is -0.481 e. The molecule has 2 unspecified atom stereocenters. The Bertz CT molecular complexity index is 519. The van der Waals surface area contributed by atoms with Crippen LogP contribution in [0.2, 0.25) is 5.02 Å². The highest BCUT2D eigenvalue weighted by Crippen LogP contribution is 2.26. The van der Waals surface area contributed by atoms with Gasteiger partial charge in [0.2, 0.25) is 0 Å². The Labute approximate surface area is 116 Å². The van der Waals surface area contributed by atoms with Crippen LogP contribution in [0, 0.1) is 12.8 Å². The Morgan fingerprint density at radius 1 is 1.47 bits per heavy atom. The number of aromatic nitrogens is 1.